The minimum Gasteiger partial charge on any atom is -0.306 e. The van der Waals surface area contributed by atoms with Crippen LogP contribution in [0.5, 0.6) is 0 Å². The van der Waals surface area contributed by atoms with Gasteiger partial charge >= 0.3 is 0 Å². The van der Waals surface area contributed by atoms with Crippen molar-refractivity contribution in [3.63, 3.8) is 0 Å². The predicted molar refractivity (Wildman–Crippen MR) is 111 cm³/mol. The number of benzene rings is 2. The number of sulfone groups is 1. The minimum atomic E-state index is -3.25. The van der Waals surface area contributed by atoms with Crippen molar-refractivity contribution >= 4 is 37.5 Å². The smallest absolute Gasteiger partial charge is 0.257 e. The highest BCUT2D eigenvalue weighted by atomic mass is 79.9. The third-order valence-corrected chi connectivity index (χ3v) is 6.85. The van der Waals surface area contributed by atoms with Crippen LogP contribution in [0.1, 0.15) is 32.7 Å². The van der Waals surface area contributed by atoms with Crippen LogP contribution in [-0.4, -0.2) is 24.1 Å². The van der Waals surface area contributed by atoms with Crippen LogP contribution in [0.2, 0.25) is 0 Å². The summed E-state index contributed by atoms with van der Waals surface area (Å²) in [5, 5.41) is 7.42. The molecule has 1 aliphatic heterocycles. The first kappa shape index (κ1) is 18.9. The number of rotatable bonds is 3. The Bertz CT molecular complexity index is 1220. The van der Waals surface area contributed by atoms with E-state index in [4.69, 9.17) is 0 Å². The maximum Gasteiger partial charge on any atom is 0.257 e. The molecule has 0 atom stereocenters. The molecule has 1 amide bonds. The van der Waals surface area contributed by atoms with Gasteiger partial charge in [0.05, 0.1) is 28.5 Å². The number of carbonyl (C=O) groups is 1. The molecule has 0 spiro atoms. The van der Waals surface area contributed by atoms with Crippen molar-refractivity contribution < 1.29 is 13.2 Å². The lowest BCUT2D eigenvalue weighted by Gasteiger charge is -2.14. The monoisotopic (exact) mass is 459 g/mol. The van der Waals surface area contributed by atoms with Crippen LogP contribution in [0.3, 0.4) is 0 Å². The van der Waals surface area contributed by atoms with Crippen LogP contribution < -0.4 is 5.32 Å². The Morgan fingerprint density at radius 2 is 1.89 bits per heavy atom. The average Bonchev–Trinajstić information content (AvgIpc) is 3.08. The summed E-state index contributed by atoms with van der Waals surface area (Å²) in [6.45, 7) is 3.97. The quantitative estimate of drug-likeness (QED) is 0.642. The molecule has 3 aromatic rings. The molecule has 8 heteroatoms. The van der Waals surface area contributed by atoms with Crippen molar-refractivity contribution in [3.05, 3.63) is 74.9 Å². The fourth-order valence-electron chi connectivity index (χ4n) is 3.41. The Morgan fingerprint density at radius 1 is 1.14 bits per heavy atom. The number of hydrogen-bond donors (Lipinski definition) is 1. The maximum absolute atomic E-state index is 12.9. The summed E-state index contributed by atoms with van der Waals surface area (Å²) in [7, 11) is -3.25. The van der Waals surface area contributed by atoms with Crippen molar-refractivity contribution in [2.24, 2.45) is 0 Å². The van der Waals surface area contributed by atoms with Crippen LogP contribution in [-0.2, 0) is 21.3 Å². The van der Waals surface area contributed by atoms with Gasteiger partial charge in [-0.15, -0.1) is 0 Å². The van der Waals surface area contributed by atoms with Crippen LogP contribution in [0.25, 0.3) is 5.69 Å². The SMILES string of the molecule is Cc1ccc(-n2nc3c(c2NC(=O)c2ccccc2Br)CS(=O)(=O)C3)c(C)c1. The molecule has 2 heterocycles. The highest BCUT2D eigenvalue weighted by Gasteiger charge is 2.33. The number of aromatic nitrogens is 2. The van der Waals surface area contributed by atoms with E-state index in [0.717, 1.165) is 16.8 Å². The first-order valence-electron chi connectivity index (χ1n) is 8.70. The summed E-state index contributed by atoms with van der Waals surface area (Å²) in [4.78, 5) is 12.9. The van der Waals surface area contributed by atoms with Gasteiger partial charge in [-0.1, -0.05) is 29.8 Å². The lowest BCUT2D eigenvalue weighted by atomic mass is 10.1. The zero-order chi connectivity index (χ0) is 20.1. The van der Waals surface area contributed by atoms with E-state index in [0.29, 0.717) is 27.1 Å². The molecule has 0 aliphatic carbocycles. The average molecular weight is 460 g/mol. The van der Waals surface area contributed by atoms with E-state index in [2.05, 4.69) is 26.3 Å². The topological polar surface area (TPSA) is 81.1 Å². The Kier molecular flexibility index (Phi) is 4.63. The van der Waals surface area contributed by atoms with Gasteiger partial charge in [-0.05, 0) is 53.5 Å². The van der Waals surface area contributed by atoms with E-state index in [1.54, 1.807) is 22.9 Å². The molecular formula is C20H18BrN3O3S. The molecule has 1 aliphatic rings. The van der Waals surface area contributed by atoms with Crippen molar-refractivity contribution in [1.82, 2.24) is 9.78 Å². The normalized spacial score (nSPS) is 14.7. The fourth-order valence-corrected chi connectivity index (χ4v) is 5.37. The molecule has 0 unspecified atom stereocenters. The van der Waals surface area contributed by atoms with Gasteiger partial charge in [-0.2, -0.15) is 5.10 Å². The summed E-state index contributed by atoms with van der Waals surface area (Å²) in [6.07, 6.45) is 0. The van der Waals surface area contributed by atoms with E-state index >= 15 is 0 Å². The van der Waals surface area contributed by atoms with Gasteiger partial charge in [0, 0.05) is 10.0 Å². The van der Waals surface area contributed by atoms with E-state index in [1.165, 1.54) is 0 Å². The highest BCUT2D eigenvalue weighted by molar-refractivity contribution is 9.10. The van der Waals surface area contributed by atoms with Crippen molar-refractivity contribution in [3.8, 4) is 5.69 Å². The number of anilines is 1. The molecule has 1 N–H and O–H groups in total. The number of hydrogen-bond acceptors (Lipinski definition) is 4. The van der Waals surface area contributed by atoms with Gasteiger partial charge < -0.3 is 5.32 Å². The van der Waals surface area contributed by atoms with Gasteiger partial charge in [-0.25, -0.2) is 13.1 Å². The van der Waals surface area contributed by atoms with Crippen molar-refractivity contribution in [2.75, 3.05) is 5.32 Å². The van der Waals surface area contributed by atoms with Gasteiger partial charge in [0.25, 0.3) is 5.91 Å². The second-order valence-corrected chi connectivity index (χ2v) is 9.86. The highest BCUT2D eigenvalue weighted by Crippen LogP contribution is 2.34. The number of carbonyl (C=O) groups excluding carboxylic acids is 1. The lowest BCUT2D eigenvalue weighted by Crippen LogP contribution is -2.17. The molecular weight excluding hydrogens is 442 g/mol. The number of amides is 1. The second-order valence-electron chi connectivity index (χ2n) is 6.94. The zero-order valence-corrected chi connectivity index (χ0v) is 17.8. The Labute approximate surface area is 171 Å². The van der Waals surface area contributed by atoms with Crippen LogP contribution in [0, 0.1) is 13.8 Å². The number of halogens is 1. The largest absolute Gasteiger partial charge is 0.306 e. The predicted octanol–water partition coefficient (Wildman–Crippen LogP) is 3.93. The molecule has 144 valence electrons. The molecule has 28 heavy (non-hydrogen) atoms. The Morgan fingerprint density at radius 3 is 2.61 bits per heavy atom. The molecule has 4 rings (SSSR count). The summed E-state index contributed by atoms with van der Waals surface area (Å²) < 4.78 is 26.5. The van der Waals surface area contributed by atoms with E-state index in [1.807, 2.05) is 38.1 Å². The Hall–Kier alpha value is -2.45. The Balaban J connectivity index is 1.83. The first-order chi connectivity index (χ1) is 13.2. The van der Waals surface area contributed by atoms with Gasteiger partial charge in [0.2, 0.25) is 0 Å². The maximum atomic E-state index is 12.9. The first-order valence-corrected chi connectivity index (χ1v) is 11.3. The fraction of sp³-hybridized carbons (Fsp3) is 0.200. The van der Waals surface area contributed by atoms with Gasteiger partial charge in [0.1, 0.15) is 5.82 Å². The third kappa shape index (κ3) is 3.38. The van der Waals surface area contributed by atoms with E-state index < -0.39 is 9.84 Å². The molecule has 1 aromatic heterocycles. The summed E-state index contributed by atoms with van der Waals surface area (Å²) in [6, 6.07) is 13.0. The van der Waals surface area contributed by atoms with Gasteiger partial charge in [0.15, 0.2) is 9.84 Å². The molecule has 0 saturated heterocycles. The lowest BCUT2D eigenvalue weighted by molar-refractivity contribution is 0.102. The third-order valence-electron chi connectivity index (χ3n) is 4.72. The number of fused-ring (bicyclic) bond motifs is 1. The van der Waals surface area contributed by atoms with Crippen molar-refractivity contribution in [2.45, 2.75) is 25.4 Å². The summed E-state index contributed by atoms with van der Waals surface area (Å²) >= 11 is 3.39. The molecule has 6 nitrogen and oxygen atoms in total. The second kappa shape index (κ2) is 6.86. The van der Waals surface area contributed by atoms with Crippen LogP contribution in [0.4, 0.5) is 5.82 Å². The summed E-state index contributed by atoms with van der Waals surface area (Å²) in [5.41, 5.74) is 4.41. The zero-order valence-electron chi connectivity index (χ0n) is 15.4. The number of nitrogens with one attached hydrogen (secondary N) is 1. The molecule has 0 radical (unpaired) electrons. The molecule has 2 aromatic carbocycles. The van der Waals surface area contributed by atoms with Crippen LogP contribution >= 0.6 is 15.9 Å². The molecule has 0 saturated carbocycles. The van der Waals surface area contributed by atoms with Crippen LogP contribution in [0.15, 0.2) is 46.9 Å². The minimum absolute atomic E-state index is 0.113. The molecule has 0 bridgehead atoms. The van der Waals surface area contributed by atoms with Gasteiger partial charge in [-0.3, -0.25) is 4.79 Å². The molecule has 0 fully saturated rings. The van der Waals surface area contributed by atoms with E-state index in [9.17, 15) is 13.2 Å². The number of aryl methyl sites for hydroxylation is 2. The van der Waals surface area contributed by atoms with E-state index in [-0.39, 0.29) is 17.4 Å². The number of nitrogens with zero attached hydrogens (tertiary/aromatic N) is 2. The van der Waals surface area contributed by atoms with Crippen molar-refractivity contribution in [1.29, 1.82) is 0 Å². The standard InChI is InChI=1S/C20H18BrN3O3S/c1-12-7-8-18(13(2)9-12)24-19(15-10-28(26,27)11-17(15)23-24)22-20(25)14-5-3-4-6-16(14)21/h3-9H,10-11H2,1-2H3,(H,22,25). The summed E-state index contributed by atoms with van der Waals surface area (Å²) in [5.74, 6) is -0.161.